The predicted octanol–water partition coefficient (Wildman–Crippen LogP) is 5.28. The molecule has 31 heavy (non-hydrogen) atoms. The Morgan fingerprint density at radius 1 is 1.00 bits per heavy atom. The van der Waals surface area contributed by atoms with E-state index < -0.39 is 0 Å². The molecule has 3 heterocycles. The highest BCUT2D eigenvalue weighted by atomic mass is 32.1. The molecule has 0 aliphatic heterocycles. The molecule has 1 amide bonds. The van der Waals surface area contributed by atoms with E-state index in [0.29, 0.717) is 22.4 Å². The Kier molecular flexibility index (Phi) is 5.90. The van der Waals surface area contributed by atoms with E-state index in [-0.39, 0.29) is 11.8 Å². The summed E-state index contributed by atoms with van der Waals surface area (Å²) in [7, 11) is 0. The number of anilines is 1. The molecule has 0 fully saturated rings. The van der Waals surface area contributed by atoms with E-state index in [4.69, 9.17) is 0 Å². The van der Waals surface area contributed by atoms with Crippen LogP contribution in [0.25, 0.3) is 16.4 Å². The molecule has 1 aromatic carbocycles. The maximum absolute atomic E-state index is 13.0. The quantitative estimate of drug-likeness (QED) is 0.448. The van der Waals surface area contributed by atoms with Gasteiger partial charge in [0.05, 0.1) is 17.5 Å². The minimum absolute atomic E-state index is 0.0784. The Hall–Kier alpha value is -3.39. The van der Waals surface area contributed by atoms with Gasteiger partial charge in [-0.15, -0.1) is 10.2 Å². The van der Waals surface area contributed by atoms with Crippen LogP contribution in [-0.2, 0) is 0 Å². The van der Waals surface area contributed by atoms with Gasteiger partial charge in [-0.25, -0.2) is 9.67 Å². The molecule has 0 saturated carbocycles. The molecule has 8 heteroatoms. The molecule has 4 rings (SSSR count). The number of carbonyl (C=O) groups excluding carboxylic acids is 1. The minimum atomic E-state index is -0.260. The van der Waals surface area contributed by atoms with Crippen molar-refractivity contribution < 1.29 is 4.79 Å². The molecule has 0 spiro atoms. The van der Waals surface area contributed by atoms with Gasteiger partial charge in [0.1, 0.15) is 5.01 Å². The van der Waals surface area contributed by atoms with Gasteiger partial charge in [0.25, 0.3) is 5.91 Å². The number of hydrogen-bond acceptors (Lipinski definition) is 6. The fraction of sp³-hybridized carbons (Fsp3) is 0.261. The van der Waals surface area contributed by atoms with Crippen molar-refractivity contribution >= 4 is 22.4 Å². The van der Waals surface area contributed by atoms with E-state index in [1.807, 2.05) is 44.2 Å². The van der Waals surface area contributed by atoms with E-state index >= 15 is 0 Å². The van der Waals surface area contributed by atoms with Crippen LogP contribution >= 0.6 is 11.3 Å². The first-order valence-electron chi connectivity index (χ1n) is 10.2. The summed E-state index contributed by atoms with van der Waals surface area (Å²) < 4.78 is 1.71. The van der Waals surface area contributed by atoms with Gasteiger partial charge in [0.15, 0.2) is 5.82 Å². The molecule has 0 aliphatic carbocycles. The van der Waals surface area contributed by atoms with Crippen LogP contribution < -0.4 is 5.32 Å². The van der Waals surface area contributed by atoms with Crippen LogP contribution in [0.4, 0.5) is 5.13 Å². The summed E-state index contributed by atoms with van der Waals surface area (Å²) in [5.41, 5.74) is 3.55. The Labute approximate surface area is 185 Å². The number of pyridine rings is 1. The van der Waals surface area contributed by atoms with Crippen LogP contribution in [-0.4, -0.2) is 30.9 Å². The summed E-state index contributed by atoms with van der Waals surface area (Å²) in [4.78, 5) is 17.4. The molecule has 0 radical (unpaired) electrons. The van der Waals surface area contributed by atoms with Crippen LogP contribution in [0.1, 0.15) is 61.1 Å². The molecule has 0 aliphatic rings. The third-order valence-corrected chi connectivity index (χ3v) is 5.82. The number of aromatic nitrogens is 5. The number of benzene rings is 1. The fourth-order valence-corrected chi connectivity index (χ4v) is 4.06. The summed E-state index contributed by atoms with van der Waals surface area (Å²) in [5, 5.41) is 16.9. The molecule has 0 saturated heterocycles. The van der Waals surface area contributed by atoms with Crippen LogP contribution in [0.2, 0.25) is 0 Å². The Morgan fingerprint density at radius 2 is 1.77 bits per heavy atom. The highest BCUT2D eigenvalue weighted by Gasteiger charge is 2.22. The van der Waals surface area contributed by atoms with Gasteiger partial charge in [-0.1, -0.05) is 69.4 Å². The second kappa shape index (κ2) is 8.77. The van der Waals surface area contributed by atoms with Crippen LogP contribution in [0.3, 0.4) is 0 Å². The minimum Gasteiger partial charge on any atom is -0.296 e. The maximum Gasteiger partial charge on any atom is 0.260 e. The van der Waals surface area contributed by atoms with Gasteiger partial charge >= 0.3 is 0 Å². The second-order valence-corrected chi connectivity index (χ2v) is 8.82. The smallest absolute Gasteiger partial charge is 0.260 e. The third kappa shape index (κ3) is 4.39. The van der Waals surface area contributed by atoms with E-state index in [1.54, 1.807) is 17.1 Å². The average Bonchev–Trinajstić information content (AvgIpc) is 3.42. The summed E-state index contributed by atoms with van der Waals surface area (Å²) in [6, 6.07) is 13.9. The molecule has 0 atom stereocenters. The van der Waals surface area contributed by atoms with Crippen molar-refractivity contribution in [1.29, 1.82) is 0 Å². The van der Waals surface area contributed by atoms with Crippen LogP contribution in [0, 0.1) is 0 Å². The zero-order chi connectivity index (χ0) is 22.0. The summed E-state index contributed by atoms with van der Waals surface area (Å²) >= 11 is 1.35. The first-order valence-corrected chi connectivity index (χ1v) is 11.0. The number of amides is 1. The van der Waals surface area contributed by atoms with Crippen molar-refractivity contribution in [2.45, 2.75) is 39.5 Å². The lowest BCUT2D eigenvalue weighted by atomic mass is 10.0. The van der Waals surface area contributed by atoms with Crippen molar-refractivity contribution in [3.05, 3.63) is 71.7 Å². The maximum atomic E-state index is 13.0. The topological polar surface area (TPSA) is 85.6 Å². The first kappa shape index (κ1) is 20.9. The van der Waals surface area contributed by atoms with Gasteiger partial charge in [-0.05, 0) is 29.5 Å². The molecule has 1 N–H and O–H groups in total. The van der Waals surface area contributed by atoms with Crippen molar-refractivity contribution in [3.8, 4) is 16.4 Å². The highest BCUT2D eigenvalue weighted by molar-refractivity contribution is 7.18. The Morgan fingerprint density at radius 3 is 2.42 bits per heavy atom. The van der Waals surface area contributed by atoms with E-state index in [1.165, 1.54) is 16.9 Å². The largest absolute Gasteiger partial charge is 0.296 e. The summed E-state index contributed by atoms with van der Waals surface area (Å²) in [6.45, 7) is 8.37. The molecular formula is C23H24N6OS. The van der Waals surface area contributed by atoms with Crippen molar-refractivity contribution in [1.82, 2.24) is 25.0 Å². The number of nitrogens with one attached hydrogen (secondary N) is 1. The molecule has 3 aromatic heterocycles. The Balaban J connectivity index is 1.56. The van der Waals surface area contributed by atoms with Crippen LogP contribution in [0.5, 0.6) is 0 Å². The van der Waals surface area contributed by atoms with Gasteiger partial charge in [-0.2, -0.15) is 5.10 Å². The monoisotopic (exact) mass is 432 g/mol. The molecule has 4 aromatic rings. The molecule has 0 unspecified atom stereocenters. The molecule has 7 nitrogen and oxygen atoms in total. The zero-order valence-corrected chi connectivity index (χ0v) is 18.7. The summed E-state index contributed by atoms with van der Waals surface area (Å²) in [5.74, 6) is 0.965. The molecule has 0 bridgehead atoms. The van der Waals surface area contributed by atoms with Gasteiger partial charge in [0, 0.05) is 11.8 Å². The van der Waals surface area contributed by atoms with E-state index in [0.717, 1.165) is 16.3 Å². The lowest BCUT2D eigenvalue weighted by Gasteiger charge is -2.11. The number of nitrogens with zero attached hydrogens (tertiary/aromatic N) is 5. The number of carbonyl (C=O) groups is 1. The number of hydrogen-bond donors (Lipinski definition) is 1. The molecular weight excluding hydrogens is 408 g/mol. The lowest BCUT2D eigenvalue weighted by molar-refractivity contribution is 0.102. The molecule has 158 valence electrons. The fourth-order valence-electron chi connectivity index (χ4n) is 3.32. The third-order valence-electron chi connectivity index (χ3n) is 4.93. The van der Waals surface area contributed by atoms with Crippen LogP contribution in [0.15, 0.2) is 54.9 Å². The summed E-state index contributed by atoms with van der Waals surface area (Å²) in [6.07, 6.45) is 3.28. The number of rotatable bonds is 6. The first-order chi connectivity index (χ1) is 14.9. The van der Waals surface area contributed by atoms with Crippen molar-refractivity contribution in [2.75, 3.05) is 5.32 Å². The predicted molar refractivity (Wildman–Crippen MR) is 123 cm³/mol. The van der Waals surface area contributed by atoms with Gasteiger partial charge in [-0.3, -0.25) is 10.1 Å². The zero-order valence-electron chi connectivity index (χ0n) is 17.9. The normalized spacial score (nSPS) is 11.3. The van der Waals surface area contributed by atoms with E-state index in [9.17, 15) is 4.79 Å². The Bertz CT molecular complexity index is 1180. The average molecular weight is 433 g/mol. The van der Waals surface area contributed by atoms with E-state index in [2.05, 4.69) is 51.6 Å². The SMILES string of the molecule is CC(C)c1ccc(-c2nnc(NC(=O)c3cnn(-c4ccccn4)c3C(C)C)s2)cc1. The van der Waals surface area contributed by atoms with Gasteiger partial charge < -0.3 is 0 Å². The standard InChI is InChI=1S/C23H24N6OS/c1-14(2)16-8-10-17(11-9-16)22-27-28-23(31-22)26-21(30)18-13-25-29(20(18)15(3)4)19-7-5-6-12-24-19/h5-15H,1-4H3,(H,26,28,30). The van der Waals surface area contributed by atoms with Gasteiger partial charge in [0.2, 0.25) is 5.13 Å². The van der Waals surface area contributed by atoms with Crippen molar-refractivity contribution in [2.24, 2.45) is 0 Å². The second-order valence-electron chi connectivity index (χ2n) is 7.84. The highest BCUT2D eigenvalue weighted by Crippen LogP contribution is 2.29. The van der Waals surface area contributed by atoms with Crippen molar-refractivity contribution in [3.63, 3.8) is 0 Å². The lowest BCUT2D eigenvalue weighted by Crippen LogP contribution is -2.15.